The molecule has 3 heterocycles. The van der Waals surface area contributed by atoms with Crippen LogP contribution in [0.2, 0.25) is 0 Å². The van der Waals surface area contributed by atoms with Gasteiger partial charge in [0.2, 0.25) is 0 Å². The van der Waals surface area contributed by atoms with Gasteiger partial charge in [-0.25, -0.2) is 4.98 Å². The summed E-state index contributed by atoms with van der Waals surface area (Å²) in [5, 5.41) is 3.12. The van der Waals surface area contributed by atoms with Gasteiger partial charge in [0.1, 0.15) is 5.82 Å². The van der Waals surface area contributed by atoms with Gasteiger partial charge in [0, 0.05) is 25.8 Å². The average Bonchev–Trinajstić information content (AvgIpc) is 3.30. The second-order valence-corrected chi connectivity index (χ2v) is 7.38. The van der Waals surface area contributed by atoms with Gasteiger partial charge in [-0.3, -0.25) is 9.69 Å². The molecule has 2 fully saturated rings. The van der Waals surface area contributed by atoms with Crippen molar-refractivity contribution >= 4 is 11.7 Å². The summed E-state index contributed by atoms with van der Waals surface area (Å²) in [5.41, 5.74) is 1.86. The third-order valence-electron chi connectivity index (χ3n) is 5.57. The van der Waals surface area contributed by atoms with Crippen molar-refractivity contribution in [1.29, 1.82) is 0 Å². The lowest BCUT2D eigenvalue weighted by Crippen LogP contribution is -2.37. The zero-order valence-electron chi connectivity index (χ0n) is 16.2. The summed E-state index contributed by atoms with van der Waals surface area (Å²) in [5.74, 6) is 0.834. The lowest BCUT2D eigenvalue weighted by atomic mass is 10.1. The summed E-state index contributed by atoms with van der Waals surface area (Å²) in [6.07, 6.45) is 4.13. The number of likely N-dealkylation sites (tertiary alicyclic amines) is 1. The SMILES string of the molecule is O=C(NCC(c1ccccc1)N1CCCC1)c1ccc(N2CCOCC2)nc1. The van der Waals surface area contributed by atoms with Crippen LogP contribution < -0.4 is 10.2 Å². The van der Waals surface area contributed by atoms with Crippen LogP contribution in [-0.2, 0) is 4.74 Å². The van der Waals surface area contributed by atoms with Crippen molar-refractivity contribution < 1.29 is 9.53 Å². The largest absolute Gasteiger partial charge is 0.378 e. The molecule has 0 aliphatic carbocycles. The van der Waals surface area contributed by atoms with E-state index in [1.165, 1.54) is 18.4 Å². The maximum atomic E-state index is 12.7. The quantitative estimate of drug-likeness (QED) is 0.834. The van der Waals surface area contributed by atoms with Crippen LogP contribution in [-0.4, -0.2) is 61.7 Å². The minimum atomic E-state index is -0.0684. The number of carbonyl (C=O) groups is 1. The van der Waals surface area contributed by atoms with Crippen LogP contribution in [0.25, 0.3) is 0 Å². The van der Waals surface area contributed by atoms with E-state index in [-0.39, 0.29) is 11.9 Å². The van der Waals surface area contributed by atoms with E-state index in [0.29, 0.717) is 12.1 Å². The molecule has 1 amide bonds. The molecule has 6 nitrogen and oxygen atoms in total. The summed E-state index contributed by atoms with van der Waals surface area (Å²) in [7, 11) is 0. The molecule has 0 radical (unpaired) electrons. The van der Waals surface area contributed by atoms with E-state index in [4.69, 9.17) is 4.74 Å². The first-order valence-electron chi connectivity index (χ1n) is 10.2. The number of aromatic nitrogens is 1. The molecule has 2 saturated heterocycles. The number of carbonyl (C=O) groups excluding carboxylic acids is 1. The Hall–Kier alpha value is -2.44. The fraction of sp³-hybridized carbons (Fsp3) is 0.455. The standard InChI is InChI=1S/C22H28N4O2/c27-22(19-8-9-21(23-16-19)26-12-14-28-15-13-26)24-17-20(25-10-4-5-11-25)18-6-2-1-3-7-18/h1-3,6-9,16,20H,4-5,10-15,17H2,(H,24,27). The number of benzene rings is 1. The molecule has 0 spiro atoms. The Bertz CT molecular complexity index is 754. The number of hydrogen-bond donors (Lipinski definition) is 1. The molecule has 2 aromatic rings. The second kappa shape index (κ2) is 9.17. The zero-order valence-corrected chi connectivity index (χ0v) is 16.2. The molecule has 2 aliphatic rings. The Morgan fingerprint density at radius 3 is 2.46 bits per heavy atom. The average molecular weight is 380 g/mol. The molecule has 6 heteroatoms. The Kier molecular flexibility index (Phi) is 6.19. The first kappa shape index (κ1) is 18.9. The summed E-state index contributed by atoms with van der Waals surface area (Å²) in [6.45, 7) is 5.91. The third-order valence-corrected chi connectivity index (χ3v) is 5.57. The topological polar surface area (TPSA) is 57.7 Å². The Morgan fingerprint density at radius 2 is 1.79 bits per heavy atom. The fourth-order valence-corrected chi connectivity index (χ4v) is 3.98. The molecule has 1 N–H and O–H groups in total. The van der Waals surface area contributed by atoms with Crippen molar-refractivity contribution in [2.24, 2.45) is 0 Å². The minimum Gasteiger partial charge on any atom is -0.378 e. The molecule has 2 aliphatic heterocycles. The lowest BCUT2D eigenvalue weighted by Gasteiger charge is -2.28. The van der Waals surface area contributed by atoms with E-state index in [0.717, 1.165) is 45.2 Å². The maximum absolute atomic E-state index is 12.7. The van der Waals surface area contributed by atoms with Gasteiger partial charge in [-0.05, 0) is 43.6 Å². The van der Waals surface area contributed by atoms with Gasteiger partial charge >= 0.3 is 0 Å². The van der Waals surface area contributed by atoms with Gasteiger partial charge in [0.05, 0.1) is 24.8 Å². The van der Waals surface area contributed by atoms with Crippen LogP contribution in [0.1, 0.15) is 34.8 Å². The summed E-state index contributed by atoms with van der Waals surface area (Å²) in [6, 6.07) is 14.5. The first-order chi connectivity index (χ1) is 13.8. The molecule has 1 aromatic carbocycles. The van der Waals surface area contributed by atoms with Gasteiger partial charge < -0.3 is 15.0 Å². The van der Waals surface area contributed by atoms with Gasteiger partial charge in [-0.15, -0.1) is 0 Å². The van der Waals surface area contributed by atoms with E-state index in [9.17, 15) is 4.79 Å². The van der Waals surface area contributed by atoms with Crippen LogP contribution in [0.3, 0.4) is 0 Å². The Balaban J connectivity index is 1.39. The van der Waals surface area contributed by atoms with Crippen molar-refractivity contribution in [3.63, 3.8) is 0 Å². The van der Waals surface area contributed by atoms with Crippen LogP contribution in [0.15, 0.2) is 48.7 Å². The highest BCUT2D eigenvalue weighted by Gasteiger charge is 2.24. The number of amides is 1. The number of ether oxygens (including phenoxy) is 1. The third kappa shape index (κ3) is 4.51. The molecular weight excluding hydrogens is 352 g/mol. The maximum Gasteiger partial charge on any atom is 0.252 e. The fourth-order valence-electron chi connectivity index (χ4n) is 3.98. The van der Waals surface area contributed by atoms with E-state index < -0.39 is 0 Å². The summed E-state index contributed by atoms with van der Waals surface area (Å²) < 4.78 is 5.38. The number of hydrogen-bond acceptors (Lipinski definition) is 5. The number of rotatable bonds is 6. The summed E-state index contributed by atoms with van der Waals surface area (Å²) >= 11 is 0. The number of nitrogens with zero attached hydrogens (tertiary/aromatic N) is 3. The molecule has 0 saturated carbocycles. The second-order valence-electron chi connectivity index (χ2n) is 7.38. The molecule has 28 heavy (non-hydrogen) atoms. The van der Waals surface area contributed by atoms with E-state index in [1.807, 2.05) is 18.2 Å². The zero-order chi connectivity index (χ0) is 19.2. The van der Waals surface area contributed by atoms with E-state index in [1.54, 1.807) is 6.20 Å². The van der Waals surface area contributed by atoms with Crippen molar-refractivity contribution in [3.8, 4) is 0 Å². The van der Waals surface area contributed by atoms with Gasteiger partial charge in [-0.2, -0.15) is 0 Å². The van der Waals surface area contributed by atoms with Crippen molar-refractivity contribution in [2.45, 2.75) is 18.9 Å². The van der Waals surface area contributed by atoms with Crippen molar-refractivity contribution in [1.82, 2.24) is 15.2 Å². The number of pyridine rings is 1. The van der Waals surface area contributed by atoms with E-state index in [2.05, 4.69) is 44.4 Å². The van der Waals surface area contributed by atoms with Crippen LogP contribution in [0.5, 0.6) is 0 Å². The first-order valence-corrected chi connectivity index (χ1v) is 10.2. The van der Waals surface area contributed by atoms with Crippen LogP contribution >= 0.6 is 0 Å². The van der Waals surface area contributed by atoms with Gasteiger partial charge in [-0.1, -0.05) is 30.3 Å². The normalized spacial score (nSPS) is 18.8. The molecule has 0 bridgehead atoms. The van der Waals surface area contributed by atoms with Gasteiger partial charge in [0.15, 0.2) is 0 Å². The van der Waals surface area contributed by atoms with Crippen LogP contribution in [0, 0.1) is 0 Å². The summed E-state index contributed by atoms with van der Waals surface area (Å²) in [4.78, 5) is 21.8. The Labute approximate surface area is 166 Å². The molecule has 148 valence electrons. The number of nitrogens with one attached hydrogen (secondary N) is 1. The van der Waals surface area contributed by atoms with Crippen molar-refractivity contribution in [3.05, 3.63) is 59.8 Å². The highest BCUT2D eigenvalue weighted by Crippen LogP contribution is 2.24. The highest BCUT2D eigenvalue weighted by molar-refractivity contribution is 5.94. The molecular formula is C22H28N4O2. The number of morpholine rings is 1. The molecule has 1 unspecified atom stereocenters. The molecule has 1 atom stereocenters. The molecule has 4 rings (SSSR count). The Morgan fingerprint density at radius 1 is 1.04 bits per heavy atom. The predicted molar refractivity (Wildman–Crippen MR) is 110 cm³/mol. The smallest absolute Gasteiger partial charge is 0.252 e. The van der Waals surface area contributed by atoms with E-state index >= 15 is 0 Å². The predicted octanol–water partition coefficient (Wildman–Crippen LogP) is 2.49. The lowest BCUT2D eigenvalue weighted by molar-refractivity contribution is 0.0937. The van der Waals surface area contributed by atoms with Crippen molar-refractivity contribution in [2.75, 3.05) is 50.8 Å². The number of anilines is 1. The minimum absolute atomic E-state index is 0.0684. The van der Waals surface area contributed by atoms with Gasteiger partial charge in [0.25, 0.3) is 5.91 Å². The van der Waals surface area contributed by atoms with Crippen LogP contribution in [0.4, 0.5) is 5.82 Å². The monoisotopic (exact) mass is 380 g/mol. The highest BCUT2D eigenvalue weighted by atomic mass is 16.5. The molecule has 1 aromatic heterocycles.